The second-order valence-corrected chi connectivity index (χ2v) is 4.87. The first-order valence-electron chi connectivity index (χ1n) is 5.76. The topological polar surface area (TPSA) is 61.4 Å². The van der Waals surface area contributed by atoms with Gasteiger partial charge in [-0.25, -0.2) is 4.79 Å². The number of carbonyl (C=O) groups excluding carboxylic acids is 2. The number of carbonyl (C=O) groups is 2. The maximum absolute atomic E-state index is 11.5. The van der Waals surface area contributed by atoms with Crippen LogP contribution in [0.15, 0.2) is 0 Å². The summed E-state index contributed by atoms with van der Waals surface area (Å²) in [7, 11) is 0. The van der Waals surface area contributed by atoms with Gasteiger partial charge in [-0.2, -0.15) is 0 Å². The molecule has 0 aliphatic carbocycles. The molecule has 1 rings (SSSR count). The zero-order valence-electron chi connectivity index (χ0n) is 10.4. The first kappa shape index (κ1) is 12.8. The van der Waals surface area contributed by atoms with E-state index in [-0.39, 0.29) is 29.9 Å². The highest BCUT2D eigenvalue weighted by atomic mass is 16.2. The van der Waals surface area contributed by atoms with E-state index in [1.807, 2.05) is 27.7 Å². The Hall–Kier alpha value is -1.26. The van der Waals surface area contributed by atoms with E-state index in [4.69, 9.17) is 0 Å². The van der Waals surface area contributed by atoms with Crippen LogP contribution < -0.4 is 10.6 Å². The lowest BCUT2D eigenvalue weighted by Crippen LogP contribution is -2.63. The summed E-state index contributed by atoms with van der Waals surface area (Å²) in [6, 6.07) is 0.0755. The van der Waals surface area contributed by atoms with Gasteiger partial charge in [-0.15, -0.1) is 0 Å². The molecule has 1 aliphatic heterocycles. The Kier molecular flexibility index (Phi) is 4.15. The molecule has 1 heterocycles. The molecule has 5 heteroatoms. The van der Waals surface area contributed by atoms with E-state index >= 15 is 0 Å². The van der Waals surface area contributed by atoms with Gasteiger partial charge in [0.2, 0.25) is 5.91 Å². The molecular formula is C11H21N3O2. The quantitative estimate of drug-likeness (QED) is 0.740. The fraction of sp³-hybridized carbons (Fsp3) is 0.818. The Labute approximate surface area is 96.6 Å². The van der Waals surface area contributed by atoms with Crippen molar-refractivity contribution in [3.8, 4) is 0 Å². The van der Waals surface area contributed by atoms with Crippen LogP contribution in [0.5, 0.6) is 0 Å². The first-order valence-corrected chi connectivity index (χ1v) is 5.76. The molecule has 92 valence electrons. The lowest BCUT2D eigenvalue weighted by molar-refractivity contribution is -0.139. The molecule has 2 N–H and O–H groups in total. The van der Waals surface area contributed by atoms with Crippen LogP contribution in [-0.4, -0.2) is 42.0 Å². The van der Waals surface area contributed by atoms with Gasteiger partial charge in [0.05, 0.1) is 6.04 Å². The van der Waals surface area contributed by atoms with Gasteiger partial charge in [0.1, 0.15) is 0 Å². The van der Waals surface area contributed by atoms with Crippen molar-refractivity contribution in [3.05, 3.63) is 0 Å². The van der Waals surface area contributed by atoms with Crippen molar-refractivity contribution in [2.45, 2.75) is 39.8 Å². The largest absolute Gasteiger partial charge is 0.338 e. The summed E-state index contributed by atoms with van der Waals surface area (Å²) in [5.74, 6) is 0.188. The van der Waals surface area contributed by atoms with E-state index in [0.717, 1.165) is 0 Å². The summed E-state index contributed by atoms with van der Waals surface area (Å²) in [5, 5.41) is 5.58. The van der Waals surface area contributed by atoms with Crippen LogP contribution in [0.1, 0.15) is 27.7 Å². The van der Waals surface area contributed by atoms with Gasteiger partial charge in [-0.3, -0.25) is 4.79 Å². The molecule has 1 fully saturated rings. The molecule has 0 spiro atoms. The lowest BCUT2D eigenvalue weighted by atomic mass is 10.1. The third-order valence-electron chi connectivity index (χ3n) is 2.44. The maximum atomic E-state index is 11.5. The third-order valence-corrected chi connectivity index (χ3v) is 2.44. The van der Waals surface area contributed by atoms with Crippen LogP contribution in [0.2, 0.25) is 0 Å². The molecule has 16 heavy (non-hydrogen) atoms. The van der Waals surface area contributed by atoms with Gasteiger partial charge in [0.25, 0.3) is 0 Å². The normalized spacial score (nSPS) is 16.2. The van der Waals surface area contributed by atoms with E-state index in [9.17, 15) is 9.59 Å². The van der Waals surface area contributed by atoms with Crippen LogP contribution >= 0.6 is 0 Å². The van der Waals surface area contributed by atoms with Crippen LogP contribution in [0.4, 0.5) is 4.79 Å². The number of nitrogens with one attached hydrogen (secondary N) is 2. The SMILES string of the molecule is CC(C)NC(=O)NC1CN(C(=O)C(C)C)C1. The Bertz CT molecular complexity index is 270. The molecule has 0 bridgehead atoms. The number of rotatable bonds is 3. The molecule has 5 nitrogen and oxygen atoms in total. The van der Waals surface area contributed by atoms with Crippen molar-refractivity contribution in [1.29, 1.82) is 0 Å². The lowest BCUT2D eigenvalue weighted by Gasteiger charge is -2.40. The average Bonchev–Trinajstić information content (AvgIpc) is 2.08. The second kappa shape index (κ2) is 5.18. The van der Waals surface area contributed by atoms with Crippen LogP contribution in [0, 0.1) is 5.92 Å². The molecule has 0 atom stereocenters. The van der Waals surface area contributed by atoms with Gasteiger partial charge < -0.3 is 15.5 Å². The third kappa shape index (κ3) is 3.40. The number of nitrogens with zero attached hydrogens (tertiary/aromatic N) is 1. The highest BCUT2D eigenvalue weighted by molar-refractivity contribution is 5.80. The van der Waals surface area contributed by atoms with Crippen LogP contribution in [0.25, 0.3) is 0 Å². The minimum absolute atomic E-state index is 0.0328. The summed E-state index contributed by atoms with van der Waals surface area (Å²) in [4.78, 5) is 24.6. The molecule has 1 aliphatic rings. The van der Waals surface area contributed by atoms with Gasteiger partial charge in [-0.05, 0) is 13.8 Å². The minimum atomic E-state index is -0.156. The zero-order chi connectivity index (χ0) is 12.3. The minimum Gasteiger partial charge on any atom is -0.338 e. The van der Waals surface area contributed by atoms with E-state index in [2.05, 4.69) is 10.6 Å². The fourth-order valence-corrected chi connectivity index (χ4v) is 1.60. The molecule has 0 unspecified atom stereocenters. The molecule has 0 radical (unpaired) electrons. The van der Waals surface area contributed by atoms with Crippen molar-refractivity contribution in [1.82, 2.24) is 15.5 Å². The van der Waals surface area contributed by atoms with Gasteiger partial charge in [0.15, 0.2) is 0 Å². The first-order chi connectivity index (χ1) is 7.40. The second-order valence-electron chi connectivity index (χ2n) is 4.87. The summed E-state index contributed by atoms with van der Waals surface area (Å²) in [6.45, 7) is 8.85. The van der Waals surface area contributed by atoms with Crippen LogP contribution in [0.3, 0.4) is 0 Å². The summed E-state index contributed by atoms with van der Waals surface area (Å²) >= 11 is 0. The summed E-state index contributed by atoms with van der Waals surface area (Å²) in [5.41, 5.74) is 0. The standard InChI is InChI=1S/C11H21N3O2/c1-7(2)10(15)14-5-9(6-14)13-11(16)12-8(3)4/h7-9H,5-6H2,1-4H3,(H2,12,13,16). The highest BCUT2D eigenvalue weighted by Crippen LogP contribution is 2.11. The van der Waals surface area contributed by atoms with Gasteiger partial charge in [0, 0.05) is 25.0 Å². The Balaban J connectivity index is 2.21. The predicted molar refractivity (Wildman–Crippen MR) is 62.0 cm³/mol. The number of likely N-dealkylation sites (tertiary alicyclic amines) is 1. The monoisotopic (exact) mass is 227 g/mol. The Morgan fingerprint density at radius 2 is 1.75 bits per heavy atom. The van der Waals surface area contributed by atoms with Gasteiger partial charge in [-0.1, -0.05) is 13.8 Å². The molecule has 0 aromatic heterocycles. The number of amides is 3. The molecule has 3 amide bonds. The van der Waals surface area contributed by atoms with Crippen molar-refractivity contribution in [2.75, 3.05) is 13.1 Å². The van der Waals surface area contributed by atoms with E-state index < -0.39 is 0 Å². The summed E-state index contributed by atoms with van der Waals surface area (Å²) < 4.78 is 0. The van der Waals surface area contributed by atoms with Crippen LogP contribution in [-0.2, 0) is 4.79 Å². The number of urea groups is 1. The van der Waals surface area contributed by atoms with E-state index in [1.165, 1.54) is 0 Å². The van der Waals surface area contributed by atoms with Crippen molar-refractivity contribution < 1.29 is 9.59 Å². The zero-order valence-corrected chi connectivity index (χ0v) is 10.4. The fourth-order valence-electron chi connectivity index (χ4n) is 1.60. The highest BCUT2D eigenvalue weighted by Gasteiger charge is 2.32. The molecule has 1 saturated heterocycles. The van der Waals surface area contributed by atoms with Crippen molar-refractivity contribution in [2.24, 2.45) is 5.92 Å². The Morgan fingerprint density at radius 3 is 2.19 bits per heavy atom. The molecule has 0 saturated carbocycles. The van der Waals surface area contributed by atoms with E-state index in [0.29, 0.717) is 13.1 Å². The van der Waals surface area contributed by atoms with Crippen molar-refractivity contribution in [3.63, 3.8) is 0 Å². The number of hydrogen-bond acceptors (Lipinski definition) is 2. The Morgan fingerprint density at radius 1 is 1.19 bits per heavy atom. The predicted octanol–water partition coefficient (Wildman–Crippen LogP) is 0.561. The molecule has 0 aromatic carbocycles. The smallest absolute Gasteiger partial charge is 0.315 e. The number of hydrogen-bond donors (Lipinski definition) is 2. The average molecular weight is 227 g/mol. The molecular weight excluding hydrogens is 206 g/mol. The summed E-state index contributed by atoms with van der Waals surface area (Å²) in [6.07, 6.45) is 0. The van der Waals surface area contributed by atoms with Crippen molar-refractivity contribution >= 4 is 11.9 Å². The molecule has 0 aromatic rings. The van der Waals surface area contributed by atoms with E-state index in [1.54, 1.807) is 4.90 Å². The maximum Gasteiger partial charge on any atom is 0.315 e. The van der Waals surface area contributed by atoms with Gasteiger partial charge >= 0.3 is 6.03 Å².